The predicted molar refractivity (Wildman–Crippen MR) is 81.9 cm³/mol. The largest absolute Gasteiger partial charge is 0.573 e. The van der Waals surface area contributed by atoms with Gasteiger partial charge in [0, 0.05) is 6.08 Å². The standard InChI is InChI=1S/C17H11F3N2O2/c18-17(19,20)24-15-4-2-1-3-14(15)22-16(23)10-9-12-5-7-13(11-21)8-6-12/h1-10H,(H,22,23). The Bertz CT molecular complexity index is 791. The van der Waals surface area contributed by atoms with E-state index in [1.165, 1.54) is 30.4 Å². The number of carbonyl (C=O) groups is 1. The minimum Gasteiger partial charge on any atom is -0.404 e. The summed E-state index contributed by atoms with van der Waals surface area (Å²) in [7, 11) is 0. The average Bonchev–Trinajstić information content (AvgIpc) is 2.54. The highest BCUT2D eigenvalue weighted by Gasteiger charge is 2.32. The molecule has 0 aromatic heterocycles. The number of hydrogen-bond donors (Lipinski definition) is 1. The van der Waals surface area contributed by atoms with Crippen molar-refractivity contribution < 1.29 is 22.7 Å². The first-order valence-corrected chi connectivity index (χ1v) is 6.71. The monoisotopic (exact) mass is 332 g/mol. The molecule has 122 valence electrons. The number of nitrogens with zero attached hydrogens (tertiary/aromatic N) is 1. The van der Waals surface area contributed by atoms with E-state index in [9.17, 15) is 18.0 Å². The number of benzene rings is 2. The summed E-state index contributed by atoms with van der Waals surface area (Å²) in [6.07, 6.45) is -2.20. The van der Waals surface area contributed by atoms with E-state index in [0.29, 0.717) is 11.1 Å². The third-order valence-corrected chi connectivity index (χ3v) is 2.84. The molecule has 1 amide bonds. The van der Waals surface area contributed by atoms with Gasteiger partial charge in [0.05, 0.1) is 17.3 Å². The number of amides is 1. The van der Waals surface area contributed by atoms with Gasteiger partial charge in [0.15, 0.2) is 5.75 Å². The van der Waals surface area contributed by atoms with Gasteiger partial charge in [-0.25, -0.2) is 0 Å². The van der Waals surface area contributed by atoms with E-state index in [1.807, 2.05) is 6.07 Å². The first-order valence-electron chi connectivity index (χ1n) is 6.71. The Hall–Kier alpha value is -3.27. The second-order valence-electron chi connectivity index (χ2n) is 4.60. The number of carbonyl (C=O) groups excluding carboxylic acids is 1. The van der Waals surface area contributed by atoms with Crippen LogP contribution in [-0.2, 0) is 4.79 Å². The highest BCUT2D eigenvalue weighted by Crippen LogP contribution is 2.29. The summed E-state index contributed by atoms with van der Waals surface area (Å²) in [5, 5.41) is 11.0. The van der Waals surface area contributed by atoms with Crippen molar-refractivity contribution in [2.24, 2.45) is 0 Å². The summed E-state index contributed by atoms with van der Waals surface area (Å²) >= 11 is 0. The summed E-state index contributed by atoms with van der Waals surface area (Å²) in [4.78, 5) is 11.8. The first kappa shape index (κ1) is 17.1. The van der Waals surface area contributed by atoms with Crippen LogP contribution in [0.15, 0.2) is 54.6 Å². The van der Waals surface area contributed by atoms with E-state index in [-0.39, 0.29) is 5.69 Å². The van der Waals surface area contributed by atoms with Gasteiger partial charge in [0.25, 0.3) is 0 Å². The smallest absolute Gasteiger partial charge is 0.404 e. The van der Waals surface area contributed by atoms with Crippen LogP contribution >= 0.6 is 0 Å². The average molecular weight is 332 g/mol. The van der Waals surface area contributed by atoms with Gasteiger partial charge < -0.3 is 10.1 Å². The fraction of sp³-hybridized carbons (Fsp3) is 0.0588. The lowest BCUT2D eigenvalue weighted by Gasteiger charge is -2.13. The number of alkyl halides is 3. The van der Waals surface area contributed by atoms with Gasteiger partial charge in [0.1, 0.15) is 0 Å². The fourth-order valence-electron chi connectivity index (χ4n) is 1.80. The molecule has 0 aliphatic carbocycles. The lowest BCUT2D eigenvalue weighted by atomic mass is 10.1. The summed E-state index contributed by atoms with van der Waals surface area (Å²) < 4.78 is 40.8. The van der Waals surface area contributed by atoms with Gasteiger partial charge >= 0.3 is 6.36 Å². The van der Waals surface area contributed by atoms with Gasteiger partial charge in [-0.15, -0.1) is 13.2 Å². The zero-order valence-electron chi connectivity index (χ0n) is 12.2. The molecule has 0 radical (unpaired) electrons. The lowest BCUT2D eigenvalue weighted by molar-refractivity contribution is -0.274. The van der Waals surface area contributed by atoms with Gasteiger partial charge in [-0.2, -0.15) is 5.26 Å². The zero-order valence-corrected chi connectivity index (χ0v) is 12.2. The minimum atomic E-state index is -4.85. The maximum absolute atomic E-state index is 12.3. The molecule has 2 aromatic carbocycles. The number of para-hydroxylation sites is 2. The number of halogens is 3. The number of nitriles is 1. The van der Waals surface area contributed by atoms with Crippen molar-refractivity contribution in [1.29, 1.82) is 5.26 Å². The molecule has 0 saturated carbocycles. The van der Waals surface area contributed by atoms with E-state index in [1.54, 1.807) is 24.3 Å². The fourth-order valence-corrected chi connectivity index (χ4v) is 1.80. The number of anilines is 1. The Kier molecular flexibility index (Phi) is 5.22. The Labute approximate surface area is 135 Å². The molecule has 0 heterocycles. The highest BCUT2D eigenvalue weighted by molar-refractivity contribution is 6.02. The van der Waals surface area contributed by atoms with E-state index < -0.39 is 18.0 Å². The Morgan fingerprint density at radius 3 is 2.42 bits per heavy atom. The SMILES string of the molecule is N#Cc1ccc(C=CC(=O)Nc2ccccc2OC(F)(F)F)cc1. The molecule has 0 spiro atoms. The molecule has 0 unspecified atom stereocenters. The van der Waals surface area contributed by atoms with Crippen molar-refractivity contribution in [1.82, 2.24) is 0 Å². The maximum Gasteiger partial charge on any atom is 0.573 e. The van der Waals surface area contributed by atoms with Crippen LogP contribution in [0.5, 0.6) is 5.75 Å². The van der Waals surface area contributed by atoms with Gasteiger partial charge in [-0.1, -0.05) is 24.3 Å². The summed E-state index contributed by atoms with van der Waals surface area (Å²) in [5.41, 5.74) is 1.06. The van der Waals surface area contributed by atoms with Crippen molar-refractivity contribution in [3.8, 4) is 11.8 Å². The molecular formula is C17H11F3N2O2. The van der Waals surface area contributed by atoms with Crippen molar-refractivity contribution in [2.75, 3.05) is 5.32 Å². The third-order valence-electron chi connectivity index (χ3n) is 2.84. The van der Waals surface area contributed by atoms with Crippen molar-refractivity contribution in [3.05, 3.63) is 65.7 Å². The molecule has 0 atom stereocenters. The molecule has 0 bridgehead atoms. The van der Waals surface area contributed by atoms with Crippen LogP contribution in [-0.4, -0.2) is 12.3 Å². The number of rotatable bonds is 4. The third kappa shape index (κ3) is 5.18. The summed E-state index contributed by atoms with van der Waals surface area (Å²) in [5.74, 6) is -1.11. The molecule has 0 saturated heterocycles. The molecular weight excluding hydrogens is 321 g/mol. The molecule has 2 aromatic rings. The molecule has 0 aliphatic heterocycles. The van der Waals surface area contributed by atoms with Crippen molar-refractivity contribution >= 4 is 17.7 Å². The van der Waals surface area contributed by atoms with Gasteiger partial charge in [-0.05, 0) is 35.9 Å². The molecule has 0 aliphatic rings. The van der Waals surface area contributed by atoms with E-state index in [2.05, 4.69) is 10.1 Å². The van der Waals surface area contributed by atoms with Crippen LogP contribution in [0.2, 0.25) is 0 Å². The van der Waals surface area contributed by atoms with Crippen LogP contribution < -0.4 is 10.1 Å². The lowest BCUT2D eigenvalue weighted by Crippen LogP contribution is -2.19. The topological polar surface area (TPSA) is 62.1 Å². The molecule has 7 heteroatoms. The Balaban J connectivity index is 2.07. The normalized spacial score (nSPS) is 11.1. The summed E-state index contributed by atoms with van der Waals surface area (Å²) in [6.45, 7) is 0. The number of nitrogens with one attached hydrogen (secondary N) is 1. The van der Waals surface area contributed by atoms with Crippen LogP contribution in [0.3, 0.4) is 0 Å². The quantitative estimate of drug-likeness (QED) is 0.857. The number of ether oxygens (including phenoxy) is 1. The number of hydrogen-bond acceptors (Lipinski definition) is 3. The molecule has 4 nitrogen and oxygen atoms in total. The predicted octanol–water partition coefficient (Wildman–Crippen LogP) is 4.11. The Morgan fingerprint density at radius 2 is 1.79 bits per heavy atom. The molecule has 24 heavy (non-hydrogen) atoms. The van der Waals surface area contributed by atoms with Crippen molar-refractivity contribution in [3.63, 3.8) is 0 Å². The van der Waals surface area contributed by atoms with Crippen LogP contribution in [0.1, 0.15) is 11.1 Å². The van der Waals surface area contributed by atoms with E-state index >= 15 is 0 Å². The van der Waals surface area contributed by atoms with Gasteiger partial charge in [-0.3, -0.25) is 4.79 Å². The van der Waals surface area contributed by atoms with Crippen LogP contribution in [0.4, 0.5) is 18.9 Å². The molecule has 1 N–H and O–H groups in total. The maximum atomic E-state index is 12.3. The van der Waals surface area contributed by atoms with Crippen LogP contribution in [0.25, 0.3) is 6.08 Å². The zero-order chi connectivity index (χ0) is 17.6. The first-order chi connectivity index (χ1) is 11.4. The van der Waals surface area contributed by atoms with E-state index in [4.69, 9.17) is 5.26 Å². The van der Waals surface area contributed by atoms with E-state index in [0.717, 1.165) is 6.07 Å². The minimum absolute atomic E-state index is 0.0932. The Morgan fingerprint density at radius 1 is 1.12 bits per heavy atom. The van der Waals surface area contributed by atoms with Crippen LogP contribution in [0, 0.1) is 11.3 Å². The summed E-state index contributed by atoms with van der Waals surface area (Å²) in [6, 6.07) is 13.7. The molecule has 0 fully saturated rings. The van der Waals surface area contributed by atoms with Crippen molar-refractivity contribution in [2.45, 2.75) is 6.36 Å². The second-order valence-corrected chi connectivity index (χ2v) is 4.60. The van der Waals surface area contributed by atoms with Gasteiger partial charge in [0.2, 0.25) is 5.91 Å². The molecule has 2 rings (SSSR count). The second kappa shape index (κ2) is 7.33. The highest BCUT2D eigenvalue weighted by atomic mass is 19.4.